The number of hydrogen-bond acceptors (Lipinski definition) is 8. The minimum absolute atomic E-state index is 0.0602. The summed E-state index contributed by atoms with van der Waals surface area (Å²) in [5.41, 5.74) is -2.14. The fourth-order valence-electron chi connectivity index (χ4n) is 3.33. The summed E-state index contributed by atoms with van der Waals surface area (Å²) in [7, 11) is -4.40. The molecule has 2 heterocycles. The lowest BCUT2D eigenvalue weighted by Gasteiger charge is -2.14. The number of carbonyl (C=O) groups is 1. The Hall–Kier alpha value is -3.30. The van der Waals surface area contributed by atoms with Gasteiger partial charge < -0.3 is 9.63 Å². The molecule has 0 saturated heterocycles. The Labute approximate surface area is 186 Å². The molecule has 2 aromatic heterocycles. The molecule has 10 nitrogen and oxygen atoms in total. The molecule has 1 fully saturated rings. The number of thiophene rings is 1. The number of carboxylic acid groups (broad SMARTS) is 1. The second kappa shape index (κ2) is 7.64. The van der Waals surface area contributed by atoms with Gasteiger partial charge in [-0.1, -0.05) is 17.3 Å². The van der Waals surface area contributed by atoms with Crippen molar-refractivity contribution in [1.82, 2.24) is 9.88 Å². The van der Waals surface area contributed by atoms with Crippen LogP contribution in [0.3, 0.4) is 0 Å². The highest BCUT2D eigenvalue weighted by atomic mass is 32.2. The summed E-state index contributed by atoms with van der Waals surface area (Å²) < 4.78 is 69.8. The van der Waals surface area contributed by atoms with E-state index < -0.39 is 44.3 Å². The smallest absolute Gasteiger partial charge is 0.452 e. The van der Waals surface area contributed by atoms with Crippen molar-refractivity contribution < 1.29 is 40.9 Å². The van der Waals surface area contributed by atoms with E-state index in [1.807, 2.05) is 0 Å². The first-order valence-corrected chi connectivity index (χ1v) is 11.3. The molecular weight excluding hydrogens is 491 g/mol. The van der Waals surface area contributed by atoms with Crippen LogP contribution in [-0.4, -0.2) is 35.1 Å². The maximum atomic E-state index is 12.9. The van der Waals surface area contributed by atoms with Gasteiger partial charge in [0.25, 0.3) is 15.7 Å². The molecule has 174 valence electrons. The van der Waals surface area contributed by atoms with E-state index in [0.29, 0.717) is 17.4 Å². The van der Waals surface area contributed by atoms with Crippen molar-refractivity contribution in [3.8, 4) is 10.6 Å². The summed E-state index contributed by atoms with van der Waals surface area (Å²) in [6.45, 7) is 0. The molecule has 0 spiro atoms. The van der Waals surface area contributed by atoms with Crippen LogP contribution in [0.15, 0.2) is 51.2 Å². The van der Waals surface area contributed by atoms with E-state index in [9.17, 15) is 41.6 Å². The van der Waals surface area contributed by atoms with E-state index in [4.69, 9.17) is 0 Å². The summed E-state index contributed by atoms with van der Waals surface area (Å²) in [4.78, 5) is 22.3. The van der Waals surface area contributed by atoms with E-state index >= 15 is 0 Å². The van der Waals surface area contributed by atoms with Gasteiger partial charge in [-0.25, -0.2) is 8.42 Å². The van der Waals surface area contributed by atoms with E-state index in [-0.39, 0.29) is 32.5 Å². The number of benzene rings is 1. The minimum atomic E-state index is -4.76. The molecule has 2 N–H and O–H groups in total. The van der Waals surface area contributed by atoms with Crippen LogP contribution in [0.4, 0.5) is 18.9 Å². The molecule has 2 unspecified atom stereocenters. The van der Waals surface area contributed by atoms with Crippen molar-refractivity contribution in [2.24, 2.45) is 0 Å². The topological polar surface area (TPSA) is 153 Å². The summed E-state index contributed by atoms with van der Waals surface area (Å²) in [6, 6.07) is 8.16. The molecule has 0 radical (unpaired) electrons. The number of aromatic nitrogens is 1. The van der Waals surface area contributed by atoms with Crippen LogP contribution in [0.25, 0.3) is 10.6 Å². The number of nitro groups is 1. The molecule has 1 saturated carbocycles. The van der Waals surface area contributed by atoms with E-state index in [1.54, 1.807) is 0 Å². The second-order valence-electron chi connectivity index (χ2n) is 7.18. The van der Waals surface area contributed by atoms with Crippen molar-refractivity contribution in [2.45, 2.75) is 28.3 Å². The summed E-state index contributed by atoms with van der Waals surface area (Å²) in [5, 5.41) is 24.0. The van der Waals surface area contributed by atoms with Crippen LogP contribution >= 0.6 is 11.3 Å². The van der Waals surface area contributed by atoms with Crippen LogP contribution in [0.1, 0.15) is 23.7 Å². The fourth-order valence-corrected chi connectivity index (χ4v) is 5.99. The number of aliphatic carboxylic acids is 1. The Morgan fingerprint density at radius 2 is 2.03 bits per heavy atom. The van der Waals surface area contributed by atoms with Gasteiger partial charge in [-0.3, -0.25) is 14.9 Å². The van der Waals surface area contributed by atoms with Gasteiger partial charge >= 0.3 is 12.1 Å². The largest absolute Gasteiger partial charge is 0.480 e. The number of non-ortho nitro benzene ring substituents is 1. The average molecular weight is 503 g/mol. The van der Waals surface area contributed by atoms with E-state index in [1.165, 1.54) is 30.3 Å². The number of nitrogens with one attached hydrogen (secondary N) is 1. The Balaban J connectivity index is 1.59. The first-order valence-electron chi connectivity index (χ1n) is 8.99. The molecule has 3 aromatic rings. The lowest BCUT2D eigenvalue weighted by Crippen LogP contribution is -2.44. The van der Waals surface area contributed by atoms with Crippen molar-refractivity contribution >= 4 is 33.0 Å². The van der Waals surface area contributed by atoms with Crippen LogP contribution in [0, 0.1) is 10.1 Å². The molecule has 1 aromatic carbocycles. The third kappa shape index (κ3) is 4.21. The number of alkyl halides is 3. The Kier molecular flexibility index (Phi) is 5.29. The highest BCUT2D eigenvalue weighted by Crippen LogP contribution is 2.53. The van der Waals surface area contributed by atoms with Crippen LogP contribution in [-0.2, 0) is 21.0 Å². The zero-order chi connectivity index (χ0) is 24.2. The molecular formula is C18H12F3N3O7S2. The minimum Gasteiger partial charge on any atom is -0.480 e. The average Bonchev–Trinajstić information content (AvgIpc) is 3.11. The second-order valence-corrected chi connectivity index (χ2v) is 10.2. The number of hydrogen-bond donors (Lipinski definition) is 2. The van der Waals surface area contributed by atoms with Gasteiger partial charge in [-0.2, -0.15) is 17.9 Å². The highest BCUT2D eigenvalue weighted by Gasteiger charge is 2.63. The zero-order valence-corrected chi connectivity index (χ0v) is 17.7. The fraction of sp³-hybridized carbons (Fsp3) is 0.222. The van der Waals surface area contributed by atoms with Crippen molar-refractivity contribution in [3.63, 3.8) is 0 Å². The van der Waals surface area contributed by atoms with Gasteiger partial charge in [0, 0.05) is 24.1 Å². The van der Waals surface area contributed by atoms with Crippen LogP contribution in [0.5, 0.6) is 0 Å². The lowest BCUT2D eigenvalue weighted by molar-refractivity contribution is -0.384. The molecule has 15 heteroatoms. The first-order chi connectivity index (χ1) is 15.3. The molecule has 2 atom stereocenters. The van der Waals surface area contributed by atoms with Gasteiger partial charge in [0.05, 0.1) is 9.80 Å². The van der Waals surface area contributed by atoms with Gasteiger partial charge in [0.15, 0.2) is 0 Å². The molecule has 1 aliphatic carbocycles. The molecule has 4 rings (SSSR count). The third-order valence-electron chi connectivity index (χ3n) is 5.03. The van der Waals surface area contributed by atoms with Gasteiger partial charge in [0.2, 0.25) is 5.76 Å². The van der Waals surface area contributed by atoms with Gasteiger partial charge in [-0.15, -0.1) is 11.3 Å². The van der Waals surface area contributed by atoms with Gasteiger partial charge in [-0.05, 0) is 24.1 Å². The quantitative estimate of drug-likeness (QED) is 0.366. The number of nitrogens with zero attached hydrogens (tertiary/aromatic N) is 2. The standard InChI is InChI=1S/C18H12F3N3O7S2/c19-18(20,21)14-7-12(22-31-14)13-4-5-15(32-13)33(29,30)23-17(16(25)26)8-11(17)9-2-1-3-10(6-9)24(27)28/h1-7,11,23H,8H2,(H,25,26). The summed E-state index contributed by atoms with van der Waals surface area (Å²) in [5.74, 6) is -3.67. The van der Waals surface area contributed by atoms with E-state index in [2.05, 4.69) is 14.4 Å². The number of halogens is 3. The predicted octanol–water partition coefficient (Wildman–Crippen LogP) is 3.62. The number of rotatable bonds is 7. The van der Waals surface area contributed by atoms with Crippen LogP contribution in [0.2, 0.25) is 0 Å². The summed E-state index contributed by atoms with van der Waals surface area (Å²) in [6.07, 6.45) is -4.90. The van der Waals surface area contributed by atoms with Crippen molar-refractivity contribution in [2.75, 3.05) is 0 Å². The monoisotopic (exact) mass is 503 g/mol. The molecule has 33 heavy (non-hydrogen) atoms. The van der Waals surface area contributed by atoms with Crippen LogP contribution < -0.4 is 4.72 Å². The maximum Gasteiger partial charge on any atom is 0.452 e. The van der Waals surface area contributed by atoms with Crippen molar-refractivity contribution in [3.05, 3.63) is 63.9 Å². The summed E-state index contributed by atoms with van der Waals surface area (Å²) >= 11 is 0.578. The Bertz CT molecular complexity index is 1370. The number of nitro benzene ring substituents is 1. The van der Waals surface area contributed by atoms with Gasteiger partial charge in [0.1, 0.15) is 15.4 Å². The Morgan fingerprint density at radius 1 is 1.30 bits per heavy atom. The number of sulfonamides is 1. The lowest BCUT2D eigenvalue weighted by atomic mass is 10.1. The first kappa shape index (κ1) is 22.9. The molecule has 0 aliphatic heterocycles. The Morgan fingerprint density at radius 3 is 2.64 bits per heavy atom. The highest BCUT2D eigenvalue weighted by molar-refractivity contribution is 7.91. The predicted molar refractivity (Wildman–Crippen MR) is 106 cm³/mol. The van der Waals surface area contributed by atoms with E-state index in [0.717, 1.165) is 6.07 Å². The maximum absolute atomic E-state index is 12.9. The SMILES string of the molecule is O=C(O)C1(NS(=O)(=O)c2ccc(-c3cc(C(F)(F)F)on3)s2)CC1c1cccc([N+](=O)[O-])c1. The molecule has 0 bridgehead atoms. The third-order valence-corrected chi connectivity index (χ3v) is 8.14. The molecule has 0 amide bonds. The zero-order valence-electron chi connectivity index (χ0n) is 16.1. The number of carboxylic acids is 1. The normalized spacial score (nSPS) is 20.5. The van der Waals surface area contributed by atoms with Crippen molar-refractivity contribution in [1.29, 1.82) is 0 Å². The molecule has 1 aliphatic rings.